The van der Waals surface area contributed by atoms with Crippen LogP contribution in [0.25, 0.3) is 11.3 Å². The Labute approximate surface area is 119 Å². The number of halogens is 5. The number of aromatic carboxylic acids is 1. The van der Waals surface area contributed by atoms with E-state index in [0.717, 1.165) is 0 Å². The van der Waals surface area contributed by atoms with E-state index in [1.54, 1.807) is 0 Å². The molecule has 1 N–H and O–H groups in total. The van der Waals surface area contributed by atoms with Crippen LogP contribution in [0, 0.1) is 0 Å². The van der Waals surface area contributed by atoms with Gasteiger partial charge in [-0.25, -0.2) is 4.79 Å². The van der Waals surface area contributed by atoms with Crippen LogP contribution in [0.1, 0.15) is 16.1 Å². The van der Waals surface area contributed by atoms with Gasteiger partial charge in [-0.05, 0) is 18.2 Å². The summed E-state index contributed by atoms with van der Waals surface area (Å²) in [5, 5.41) is 11.8. The van der Waals surface area contributed by atoms with E-state index in [1.807, 2.05) is 0 Å². The average Bonchev–Trinajstić information content (AvgIpc) is 2.73. The van der Waals surface area contributed by atoms with Crippen LogP contribution in [0.4, 0.5) is 13.2 Å². The molecule has 9 heteroatoms. The Morgan fingerprint density at radius 2 is 1.95 bits per heavy atom. The molecule has 106 valence electrons. The first-order chi connectivity index (χ1) is 9.21. The number of rotatable bonds is 2. The highest BCUT2D eigenvalue weighted by molar-refractivity contribution is 6.36. The summed E-state index contributed by atoms with van der Waals surface area (Å²) in [5.74, 6) is -2.62. The Hall–Kier alpha value is -1.73. The van der Waals surface area contributed by atoms with Crippen molar-refractivity contribution in [3.8, 4) is 11.3 Å². The molecule has 0 bridgehead atoms. The minimum absolute atomic E-state index is 0.115. The number of carbonyl (C=O) groups is 1. The third-order valence-corrected chi connectivity index (χ3v) is 2.90. The lowest BCUT2D eigenvalue weighted by Crippen LogP contribution is -2.12. The summed E-state index contributed by atoms with van der Waals surface area (Å²) in [6, 6.07) is 3.69. The van der Waals surface area contributed by atoms with E-state index in [1.165, 1.54) is 18.2 Å². The molecule has 0 fully saturated rings. The second-order valence-electron chi connectivity index (χ2n) is 3.66. The Bertz CT molecular complexity index is 682. The Kier molecular flexibility index (Phi) is 3.66. The number of nitrogens with zero attached hydrogens (tertiary/aromatic N) is 1. The SMILES string of the molecule is O=C(O)c1noc(-c2ccc(Cl)cc2Cl)c1C(F)(F)F. The van der Waals surface area contributed by atoms with E-state index in [2.05, 4.69) is 9.68 Å². The molecule has 1 aromatic heterocycles. The van der Waals surface area contributed by atoms with Crippen LogP contribution in [0.15, 0.2) is 22.7 Å². The lowest BCUT2D eigenvalue weighted by atomic mass is 10.1. The number of alkyl halides is 3. The molecule has 0 aliphatic rings. The van der Waals surface area contributed by atoms with Crippen molar-refractivity contribution in [3.05, 3.63) is 39.5 Å². The third-order valence-electron chi connectivity index (χ3n) is 2.35. The first-order valence-electron chi connectivity index (χ1n) is 4.97. The molecule has 1 aromatic carbocycles. The monoisotopic (exact) mass is 325 g/mol. The molecule has 0 amide bonds. The van der Waals surface area contributed by atoms with E-state index in [-0.39, 0.29) is 15.6 Å². The van der Waals surface area contributed by atoms with Gasteiger partial charge in [-0.15, -0.1) is 0 Å². The van der Waals surface area contributed by atoms with Crippen molar-refractivity contribution in [3.63, 3.8) is 0 Å². The van der Waals surface area contributed by atoms with Gasteiger partial charge in [0.05, 0.1) is 5.02 Å². The molecule has 2 rings (SSSR count). The van der Waals surface area contributed by atoms with Gasteiger partial charge in [-0.2, -0.15) is 13.2 Å². The highest BCUT2D eigenvalue weighted by atomic mass is 35.5. The highest BCUT2D eigenvalue weighted by Crippen LogP contribution is 2.42. The second-order valence-corrected chi connectivity index (χ2v) is 4.51. The van der Waals surface area contributed by atoms with Crippen LogP contribution in [0.3, 0.4) is 0 Å². The van der Waals surface area contributed by atoms with Gasteiger partial charge in [-0.1, -0.05) is 28.4 Å². The molecule has 0 saturated carbocycles. The zero-order valence-electron chi connectivity index (χ0n) is 9.33. The molecule has 20 heavy (non-hydrogen) atoms. The molecule has 0 atom stereocenters. The second kappa shape index (κ2) is 4.99. The smallest absolute Gasteiger partial charge is 0.422 e. The standard InChI is InChI=1S/C11H4Cl2F3NO3/c12-4-1-2-5(6(13)3-4)9-7(11(14,15)16)8(10(18)19)17-20-9/h1-3H,(H,18,19). The largest absolute Gasteiger partial charge is 0.476 e. The van der Waals surface area contributed by atoms with Gasteiger partial charge in [0.2, 0.25) is 5.69 Å². The predicted molar refractivity (Wildman–Crippen MR) is 63.9 cm³/mol. The fourth-order valence-corrected chi connectivity index (χ4v) is 2.05. The molecule has 1 heterocycles. The lowest BCUT2D eigenvalue weighted by Gasteiger charge is -2.07. The molecule has 4 nitrogen and oxygen atoms in total. The zero-order valence-corrected chi connectivity index (χ0v) is 10.8. The normalized spacial score (nSPS) is 11.7. The Morgan fingerprint density at radius 1 is 1.30 bits per heavy atom. The van der Waals surface area contributed by atoms with Gasteiger partial charge in [0.25, 0.3) is 0 Å². The van der Waals surface area contributed by atoms with Gasteiger partial charge < -0.3 is 9.63 Å². The summed E-state index contributed by atoms with van der Waals surface area (Å²) in [5.41, 5.74) is -2.86. The molecule has 0 aliphatic heterocycles. The van der Waals surface area contributed by atoms with E-state index in [9.17, 15) is 18.0 Å². The molecule has 0 aliphatic carbocycles. The molecular formula is C11H4Cl2F3NO3. The van der Waals surface area contributed by atoms with Crippen molar-refractivity contribution in [2.75, 3.05) is 0 Å². The van der Waals surface area contributed by atoms with E-state index in [0.29, 0.717) is 0 Å². The van der Waals surface area contributed by atoms with Crippen molar-refractivity contribution in [1.29, 1.82) is 0 Å². The number of carboxylic acid groups (broad SMARTS) is 1. The quantitative estimate of drug-likeness (QED) is 0.890. The zero-order chi connectivity index (χ0) is 15.1. The summed E-state index contributed by atoms with van der Waals surface area (Å²) in [7, 11) is 0. The fourth-order valence-electron chi connectivity index (χ4n) is 1.56. The number of hydrogen-bond acceptors (Lipinski definition) is 3. The minimum Gasteiger partial charge on any atom is -0.476 e. The maximum atomic E-state index is 13.0. The van der Waals surface area contributed by atoms with Gasteiger partial charge in [0.1, 0.15) is 5.56 Å². The lowest BCUT2D eigenvalue weighted by molar-refractivity contribution is -0.137. The predicted octanol–water partition coefficient (Wildman–Crippen LogP) is 4.37. The molecular weight excluding hydrogens is 322 g/mol. The highest BCUT2D eigenvalue weighted by Gasteiger charge is 2.43. The first kappa shape index (κ1) is 14.7. The number of benzene rings is 1. The van der Waals surface area contributed by atoms with E-state index in [4.69, 9.17) is 28.3 Å². The van der Waals surface area contributed by atoms with Crippen LogP contribution in [-0.4, -0.2) is 16.2 Å². The van der Waals surface area contributed by atoms with Crippen molar-refractivity contribution < 1.29 is 27.6 Å². The summed E-state index contributed by atoms with van der Waals surface area (Å²) >= 11 is 11.4. The van der Waals surface area contributed by atoms with Crippen molar-refractivity contribution in [2.45, 2.75) is 6.18 Å². The summed E-state index contributed by atoms with van der Waals surface area (Å²) < 4.78 is 43.4. The Morgan fingerprint density at radius 3 is 2.45 bits per heavy atom. The van der Waals surface area contributed by atoms with E-state index >= 15 is 0 Å². The third kappa shape index (κ3) is 2.59. The summed E-state index contributed by atoms with van der Waals surface area (Å²) in [6.45, 7) is 0. The molecule has 2 aromatic rings. The topological polar surface area (TPSA) is 63.3 Å². The average molecular weight is 326 g/mol. The van der Waals surface area contributed by atoms with Crippen molar-refractivity contribution >= 4 is 29.2 Å². The Balaban J connectivity index is 2.72. The van der Waals surface area contributed by atoms with Crippen LogP contribution in [0.5, 0.6) is 0 Å². The van der Waals surface area contributed by atoms with Gasteiger partial charge in [0, 0.05) is 10.6 Å². The van der Waals surface area contributed by atoms with Crippen LogP contribution in [-0.2, 0) is 6.18 Å². The molecule has 0 radical (unpaired) electrons. The van der Waals surface area contributed by atoms with Crippen molar-refractivity contribution in [1.82, 2.24) is 5.16 Å². The number of carboxylic acids is 1. The maximum Gasteiger partial charge on any atom is 0.422 e. The first-order valence-corrected chi connectivity index (χ1v) is 5.73. The van der Waals surface area contributed by atoms with Crippen LogP contribution >= 0.6 is 23.2 Å². The molecule has 0 saturated heterocycles. The van der Waals surface area contributed by atoms with Gasteiger partial charge in [-0.3, -0.25) is 0 Å². The maximum absolute atomic E-state index is 13.0. The van der Waals surface area contributed by atoms with Crippen molar-refractivity contribution in [2.24, 2.45) is 0 Å². The fraction of sp³-hybridized carbons (Fsp3) is 0.0909. The van der Waals surface area contributed by atoms with Gasteiger partial charge in [0.15, 0.2) is 5.76 Å². The minimum atomic E-state index is -4.95. The molecule has 0 spiro atoms. The van der Waals surface area contributed by atoms with Crippen LogP contribution in [0.2, 0.25) is 10.0 Å². The summed E-state index contributed by atoms with van der Waals surface area (Å²) in [4.78, 5) is 10.8. The van der Waals surface area contributed by atoms with Gasteiger partial charge >= 0.3 is 12.1 Å². The number of hydrogen-bond donors (Lipinski definition) is 1. The molecule has 0 unspecified atom stereocenters. The number of aromatic nitrogens is 1. The summed E-state index contributed by atoms with van der Waals surface area (Å²) in [6.07, 6.45) is -4.95. The van der Waals surface area contributed by atoms with Crippen LogP contribution < -0.4 is 0 Å². The van der Waals surface area contributed by atoms with E-state index < -0.39 is 29.2 Å².